The number of alkyl carbamates (subject to hydrolysis) is 1. The summed E-state index contributed by atoms with van der Waals surface area (Å²) in [6.07, 6.45) is 4.59. The highest BCUT2D eigenvalue weighted by molar-refractivity contribution is 5.92. The van der Waals surface area contributed by atoms with E-state index in [0.29, 0.717) is 19.5 Å². The molecule has 0 aliphatic heterocycles. The number of nitrogens with zero attached hydrogens (tertiary/aromatic N) is 1. The Kier molecular flexibility index (Phi) is 13.4. The molecule has 7 heteroatoms. The van der Waals surface area contributed by atoms with Crippen LogP contribution < -0.4 is 10.6 Å². The number of carbonyl (C=O) groups excluding carboxylic acids is 3. The monoisotopic (exact) mass is 489 g/mol. The Morgan fingerprint density at radius 2 is 1.60 bits per heavy atom. The van der Waals surface area contributed by atoms with Gasteiger partial charge in [-0.3, -0.25) is 9.59 Å². The number of benzene rings is 1. The molecule has 3 amide bonds. The van der Waals surface area contributed by atoms with E-state index in [1.807, 2.05) is 44.2 Å². The van der Waals surface area contributed by atoms with Gasteiger partial charge < -0.3 is 20.3 Å². The van der Waals surface area contributed by atoms with E-state index in [1.165, 1.54) is 0 Å². The number of carbonyl (C=O) groups is 3. The number of hydrogen-bond donors (Lipinski definition) is 2. The Morgan fingerprint density at radius 3 is 2.14 bits per heavy atom. The Hall–Kier alpha value is -2.57. The van der Waals surface area contributed by atoms with Crippen LogP contribution in [-0.2, 0) is 14.3 Å². The molecule has 0 aliphatic rings. The Morgan fingerprint density at radius 1 is 0.971 bits per heavy atom. The first kappa shape index (κ1) is 30.5. The minimum atomic E-state index is -0.800. The average Bonchev–Trinajstić information content (AvgIpc) is 2.80. The molecule has 0 saturated carbocycles. The van der Waals surface area contributed by atoms with Gasteiger partial charge in [0.25, 0.3) is 0 Å². The van der Waals surface area contributed by atoms with Crippen molar-refractivity contribution in [1.82, 2.24) is 15.5 Å². The van der Waals surface area contributed by atoms with Gasteiger partial charge in [0.15, 0.2) is 0 Å². The molecular weight excluding hydrogens is 442 g/mol. The second-order valence-corrected chi connectivity index (χ2v) is 10.2. The summed E-state index contributed by atoms with van der Waals surface area (Å²) < 4.78 is 5.45. The summed E-state index contributed by atoms with van der Waals surface area (Å²) in [5, 5.41) is 5.83. The van der Waals surface area contributed by atoms with Crippen molar-refractivity contribution in [1.29, 1.82) is 0 Å². The minimum absolute atomic E-state index is 0.136. The second-order valence-electron chi connectivity index (χ2n) is 10.2. The van der Waals surface area contributed by atoms with Crippen molar-refractivity contribution in [2.24, 2.45) is 5.92 Å². The van der Waals surface area contributed by atoms with Gasteiger partial charge in [0.05, 0.1) is 0 Å². The third kappa shape index (κ3) is 10.7. The summed E-state index contributed by atoms with van der Waals surface area (Å²) in [6.45, 7) is 14.4. The van der Waals surface area contributed by atoms with Crippen LogP contribution in [0.1, 0.15) is 98.6 Å². The van der Waals surface area contributed by atoms with Gasteiger partial charge in [0, 0.05) is 13.1 Å². The van der Waals surface area contributed by atoms with E-state index in [0.717, 1.165) is 37.7 Å². The van der Waals surface area contributed by atoms with Gasteiger partial charge in [-0.2, -0.15) is 0 Å². The van der Waals surface area contributed by atoms with Crippen LogP contribution in [0.3, 0.4) is 0 Å². The van der Waals surface area contributed by atoms with Crippen LogP contribution in [0.2, 0.25) is 0 Å². The van der Waals surface area contributed by atoms with Crippen molar-refractivity contribution >= 4 is 17.9 Å². The molecule has 198 valence electrons. The molecule has 0 aromatic heterocycles. The maximum Gasteiger partial charge on any atom is 0.408 e. The zero-order chi connectivity index (χ0) is 26.4. The summed E-state index contributed by atoms with van der Waals surface area (Å²) in [5.41, 5.74) is 0.0752. The third-order valence-corrected chi connectivity index (χ3v) is 5.94. The van der Waals surface area contributed by atoms with Gasteiger partial charge in [-0.25, -0.2) is 4.79 Å². The van der Waals surface area contributed by atoms with Crippen LogP contribution in [0.25, 0.3) is 0 Å². The molecule has 0 fully saturated rings. The van der Waals surface area contributed by atoms with Gasteiger partial charge >= 0.3 is 6.09 Å². The fourth-order valence-electron chi connectivity index (χ4n) is 3.79. The van der Waals surface area contributed by atoms with E-state index >= 15 is 0 Å². The molecule has 1 aromatic rings. The number of unbranched alkanes of at least 4 members (excludes halogenated alkanes) is 3. The van der Waals surface area contributed by atoms with E-state index in [1.54, 1.807) is 25.7 Å². The molecule has 7 nitrogen and oxygen atoms in total. The second kappa shape index (κ2) is 15.4. The zero-order valence-electron chi connectivity index (χ0n) is 22.9. The van der Waals surface area contributed by atoms with Crippen LogP contribution in [0, 0.1) is 5.92 Å². The lowest BCUT2D eigenvalue weighted by Crippen LogP contribution is -2.55. The first-order valence-electron chi connectivity index (χ1n) is 13.2. The molecule has 0 saturated heterocycles. The summed E-state index contributed by atoms with van der Waals surface area (Å²) in [4.78, 5) is 41.8. The smallest absolute Gasteiger partial charge is 0.408 e. The first-order chi connectivity index (χ1) is 16.6. The van der Waals surface area contributed by atoms with Gasteiger partial charge in [-0.15, -0.1) is 0 Å². The average molecular weight is 490 g/mol. The molecule has 0 spiro atoms. The maximum absolute atomic E-state index is 14.1. The number of hydrogen-bond acceptors (Lipinski definition) is 4. The van der Waals surface area contributed by atoms with Crippen molar-refractivity contribution in [3.05, 3.63) is 35.9 Å². The van der Waals surface area contributed by atoms with Gasteiger partial charge in [0.2, 0.25) is 11.8 Å². The van der Waals surface area contributed by atoms with Gasteiger partial charge in [-0.05, 0) is 45.1 Å². The van der Waals surface area contributed by atoms with Crippen molar-refractivity contribution in [3.8, 4) is 0 Å². The van der Waals surface area contributed by atoms with E-state index in [2.05, 4.69) is 24.5 Å². The minimum Gasteiger partial charge on any atom is -0.444 e. The van der Waals surface area contributed by atoms with Crippen LogP contribution in [-0.4, -0.2) is 47.5 Å². The summed E-state index contributed by atoms with van der Waals surface area (Å²) in [6, 6.07) is 7.83. The van der Waals surface area contributed by atoms with E-state index in [9.17, 15) is 14.4 Å². The molecule has 1 aromatic carbocycles. The third-order valence-electron chi connectivity index (χ3n) is 5.94. The van der Waals surface area contributed by atoms with Gasteiger partial charge in [-0.1, -0.05) is 83.7 Å². The molecule has 3 atom stereocenters. The summed E-state index contributed by atoms with van der Waals surface area (Å²) >= 11 is 0. The fraction of sp³-hybridized carbons (Fsp3) is 0.679. The Bertz CT molecular complexity index is 776. The first-order valence-corrected chi connectivity index (χ1v) is 13.2. The van der Waals surface area contributed by atoms with Crippen molar-refractivity contribution in [2.75, 3.05) is 13.1 Å². The molecule has 0 aliphatic carbocycles. The van der Waals surface area contributed by atoms with Crippen molar-refractivity contribution in [3.63, 3.8) is 0 Å². The molecule has 35 heavy (non-hydrogen) atoms. The van der Waals surface area contributed by atoms with E-state index in [-0.39, 0.29) is 17.7 Å². The van der Waals surface area contributed by atoms with Crippen LogP contribution >= 0.6 is 0 Å². The topological polar surface area (TPSA) is 87.7 Å². The SMILES string of the molecule is CCCCCN(C(=O)C(NC(=O)OC(C)(C)C)C(C)CC)C(C(=O)NCCCC)c1ccccc1. The quantitative estimate of drug-likeness (QED) is 0.333. The molecule has 0 radical (unpaired) electrons. The number of amides is 3. The zero-order valence-corrected chi connectivity index (χ0v) is 22.9. The standard InChI is InChI=1S/C28H47N3O4/c1-8-11-16-20-31(24(22-17-14-13-15-18-22)25(32)29-19-12-9-2)26(33)23(21(4)10-3)30-27(34)35-28(5,6)7/h13-15,17-18,21,23-24H,8-12,16,19-20H2,1-7H3,(H,29,32)(H,30,34). The molecule has 1 rings (SSSR count). The van der Waals surface area contributed by atoms with Crippen LogP contribution in [0.4, 0.5) is 4.79 Å². The molecule has 2 N–H and O–H groups in total. The largest absolute Gasteiger partial charge is 0.444 e. The number of nitrogens with one attached hydrogen (secondary N) is 2. The summed E-state index contributed by atoms with van der Waals surface area (Å²) in [7, 11) is 0. The lowest BCUT2D eigenvalue weighted by molar-refractivity contribution is -0.143. The fourth-order valence-corrected chi connectivity index (χ4v) is 3.79. The number of rotatable bonds is 14. The molecule has 0 bridgehead atoms. The number of ether oxygens (including phenoxy) is 1. The highest BCUT2D eigenvalue weighted by atomic mass is 16.6. The highest BCUT2D eigenvalue weighted by Gasteiger charge is 2.37. The lowest BCUT2D eigenvalue weighted by Gasteiger charge is -2.36. The van der Waals surface area contributed by atoms with Crippen molar-refractivity contribution < 1.29 is 19.1 Å². The predicted octanol–water partition coefficient (Wildman–Crippen LogP) is 5.60. The Balaban J connectivity index is 3.39. The lowest BCUT2D eigenvalue weighted by atomic mass is 9.95. The normalized spacial score (nSPS) is 13.9. The van der Waals surface area contributed by atoms with E-state index in [4.69, 9.17) is 4.74 Å². The van der Waals surface area contributed by atoms with Crippen LogP contribution in [0.15, 0.2) is 30.3 Å². The van der Waals surface area contributed by atoms with Gasteiger partial charge in [0.1, 0.15) is 17.7 Å². The molecule has 3 unspecified atom stereocenters. The van der Waals surface area contributed by atoms with E-state index < -0.39 is 23.8 Å². The predicted molar refractivity (Wildman–Crippen MR) is 141 cm³/mol. The molecule has 0 heterocycles. The highest BCUT2D eigenvalue weighted by Crippen LogP contribution is 2.25. The molecular formula is C28H47N3O4. The van der Waals surface area contributed by atoms with Crippen LogP contribution in [0.5, 0.6) is 0 Å². The van der Waals surface area contributed by atoms with Crippen molar-refractivity contribution in [2.45, 2.75) is 105 Å². The summed E-state index contributed by atoms with van der Waals surface area (Å²) in [5.74, 6) is -0.598. The Labute approximate surface area is 212 Å². The maximum atomic E-state index is 14.1.